The SMILES string of the molecule is NC(=O)c1ccccc1OCc1cccc(C(=O)Nc2nnc(-c3ccsc3)s2)c1. The number of aromatic nitrogens is 2. The van der Waals surface area contributed by atoms with Crippen LogP contribution in [0.15, 0.2) is 65.4 Å². The number of ether oxygens (including phenoxy) is 1. The quantitative estimate of drug-likeness (QED) is 0.452. The van der Waals surface area contributed by atoms with Crippen molar-refractivity contribution in [3.8, 4) is 16.3 Å². The fraction of sp³-hybridized carbons (Fsp3) is 0.0476. The summed E-state index contributed by atoms with van der Waals surface area (Å²) >= 11 is 2.89. The number of amides is 2. The number of primary amides is 1. The standard InChI is InChI=1S/C21H16N4O3S2/c22-18(26)16-6-1-2-7-17(16)28-11-13-4-3-5-14(10-13)19(27)23-21-25-24-20(30-21)15-8-9-29-12-15/h1-10,12H,11H2,(H2,22,26)(H,23,25,27). The maximum Gasteiger partial charge on any atom is 0.257 e. The van der Waals surface area contributed by atoms with Crippen LogP contribution in [0.3, 0.4) is 0 Å². The predicted molar refractivity (Wildman–Crippen MR) is 117 cm³/mol. The molecule has 0 saturated carbocycles. The second kappa shape index (κ2) is 8.85. The highest BCUT2D eigenvalue weighted by Crippen LogP contribution is 2.28. The van der Waals surface area contributed by atoms with Crippen molar-refractivity contribution in [2.24, 2.45) is 5.73 Å². The Bertz CT molecular complexity index is 1190. The Morgan fingerprint density at radius 3 is 2.73 bits per heavy atom. The lowest BCUT2D eigenvalue weighted by atomic mass is 10.1. The molecule has 0 spiro atoms. The summed E-state index contributed by atoms with van der Waals surface area (Å²) in [6, 6.07) is 15.8. The van der Waals surface area contributed by atoms with Crippen LogP contribution in [0, 0.1) is 0 Å². The topological polar surface area (TPSA) is 107 Å². The molecule has 0 saturated heterocycles. The first-order valence-corrected chi connectivity index (χ1v) is 10.6. The maximum absolute atomic E-state index is 12.6. The molecule has 2 amide bonds. The van der Waals surface area contributed by atoms with Crippen molar-refractivity contribution in [1.29, 1.82) is 0 Å². The van der Waals surface area contributed by atoms with Gasteiger partial charge < -0.3 is 10.5 Å². The van der Waals surface area contributed by atoms with E-state index in [1.54, 1.807) is 53.8 Å². The number of nitrogens with one attached hydrogen (secondary N) is 1. The molecule has 0 aliphatic rings. The molecular weight excluding hydrogens is 420 g/mol. The maximum atomic E-state index is 12.6. The fourth-order valence-electron chi connectivity index (χ4n) is 2.71. The Kier molecular flexibility index (Phi) is 5.82. The number of benzene rings is 2. The van der Waals surface area contributed by atoms with Crippen molar-refractivity contribution in [1.82, 2.24) is 10.2 Å². The number of rotatable bonds is 7. The van der Waals surface area contributed by atoms with Gasteiger partial charge in [-0.15, -0.1) is 10.2 Å². The average molecular weight is 437 g/mol. The monoisotopic (exact) mass is 436 g/mol. The van der Waals surface area contributed by atoms with Gasteiger partial charge in [-0.2, -0.15) is 11.3 Å². The number of thiophene rings is 1. The number of carbonyl (C=O) groups is 2. The molecule has 0 fully saturated rings. The van der Waals surface area contributed by atoms with Gasteiger partial charge in [0.25, 0.3) is 11.8 Å². The van der Waals surface area contributed by atoms with Crippen molar-refractivity contribution in [3.05, 3.63) is 82.0 Å². The van der Waals surface area contributed by atoms with Crippen LogP contribution < -0.4 is 15.8 Å². The van der Waals surface area contributed by atoms with Crippen LogP contribution in [-0.4, -0.2) is 22.0 Å². The molecule has 2 aromatic heterocycles. The summed E-state index contributed by atoms with van der Waals surface area (Å²) in [6.07, 6.45) is 0. The van der Waals surface area contributed by atoms with Crippen molar-refractivity contribution >= 4 is 39.6 Å². The molecule has 0 aliphatic carbocycles. The van der Waals surface area contributed by atoms with Crippen molar-refractivity contribution in [2.45, 2.75) is 6.61 Å². The number of hydrogen-bond donors (Lipinski definition) is 2. The van der Waals surface area contributed by atoms with Gasteiger partial charge >= 0.3 is 0 Å². The average Bonchev–Trinajstić information content (AvgIpc) is 3.44. The van der Waals surface area contributed by atoms with Gasteiger partial charge in [0, 0.05) is 16.5 Å². The predicted octanol–water partition coefficient (Wildman–Crippen LogP) is 4.20. The molecule has 30 heavy (non-hydrogen) atoms. The third kappa shape index (κ3) is 4.53. The van der Waals surface area contributed by atoms with Gasteiger partial charge in [0.2, 0.25) is 5.13 Å². The lowest BCUT2D eigenvalue weighted by Gasteiger charge is -2.10. The molecule has 9 heteroatoms. The lowest BCUT2D eigenvalue weighted by molar-refractivity contribution is 0.0994. The Labute approximate surface area is 180 Å². The van der Waals surface area contributed by atoms with Gasteiger partial charge in [0.15, 0.2) is 0 Å². The normalized spacial score (nSPS) is 10.5. The summed E-state index contributed by atoms with van der Waals surface area (Å²) in [5, 5.41) is 16.0. The fourth-order valence-corrected chi connectivity index (χ4v) is 4.16. The van der Waals surface area contributed by atoms with Gasteiger partial charge in [0.1, 0.15) is 17.4 Å². The minimum absolute atomic E-state index is 0.187. The van der Waals surface area contributed by atoms with Crippen LogP contribution in [0.25, 0.3) is 10.6 Å². The number of nitrogens with zero attached hydrogens (tertiary/aromatic N) is 2. The van der Waals surface area contributed by atoms with Crippen LogP contribution >= 0.6 is 22.7 Å². The summed E-state index contributed by atoms with van der Waals surface area (Å²) in [5.41, 5.74) is 7.90. The second-order valence-electron chi connectivity index (χ2n) is 6.23. The van der Waals surface area contributed by atoms with Gasteiger partial charge in [-0.1, -0.05) is 35.6 Å². The van der Waals surface area contributed by atoms with Crippen LogP contribution in [0.1, 0.15) is 26.3 Å². The number of anilines is 1. The molecule has 7 nitrogen and oxygen atoms in total. The van der Waals surface area contributed by atoms with E-state index in [-0.39, 0.29) is 12.5 Å². The molecular formula is C21H16N4O3S2. The molecule has 0 bridgehead atoms. The molecule has 0 unspecified atom stereocenters. The minimum Gasteiger partial charge on any atom is -0.488 e. The van der Waals surface area contributed by atoms with Gasteiger partial charge in [-0.05, 0) is 41.3 Å². The number of para-hydroxylation sites is 1. The van der Waals surface area contributed by atoms with Crippen LogP contribution in [-0.2, 0) is 6.61 Å². The third-order valence-corrected chi connectivity index (χ3v) is 5.72. The summed E-state index contributed by atoms with van der Waals surface area (Å²) in [7, 11) is 0. The van der Waals surface area contributed by atoms with Crippen molar-refractivity contribution in [3.63, 3.8) is 0 Å². The molecule has 4 aromatic rings. The zero-order valence-electron chi connectivity index (χ0n) is 15.6. The van der Waals surface area contributed by atoms with E-state index in [1.165, 1.54) is 11.3 Å². The van der Waals surface area contributed by atoms with Crippen LogP contribution in [0.2, 0.25) is 0 Å². The van der Waals surface area contributed by atoms with Gasteiger partial charge in [-0.3, -0.25) is 14.9 Å². The van der Waals surface area contributed by atoms with E-state index in [4.69, 9.17) is 10.5 Å². The first-order chi connectivity index (χ1) is 14.6. The smallest absolute Gasteiger partial charge is 0.257 e. The highest BCUT2D eigenvalue weighted by molar-refractivity contribution is 7.19. The van der Waals surface area contributed by atoms with Crippen LogP contribution in [0.5, 0.6) is 5.75 Å². The van der Waals surface area contributed by atoms with E-state index in [1.807, 2.05) is 22.9 Å². The zero-order valence-corrected chi connectivity index (χ0v) is 17.2. The molecule has 3 N–H and O–H groups in total. The molecule has 150 valence electrons. The van der Waals surface area contributed by atoms with Crippen molar-refractivity contribution < 1.29 is 14.3 Å². The summed E-state index contributed by atoms with van der Waals surface area (Å²) in [5.74, 6) is -0.449. The molecule has 0 radical (unpaired) electrons. The lowest BCUT2D eigenvalue weighted by Crippen LogP contribution is -2.13. The second-order valence-corrected chi connectivity index (χ2v) is 7.99. The first kappa shape index (κ1) is 19.7. The summed E-state index contributed by atoms with van der Waals surface area (Å²) in [6.45, 7) is 0.187. The van der Waals surface area contributed by atoms with Gasteiger partial charge in [0.05, 0.1) is 5.56 Å². The molecule has 0 atom stereocenters. The molecule has 0 aliphatic heterocycles. The van der Waals surface area contributed by atoms with E-state index < -0.39 is 5.91 Å². The van der Waals surface area contributed by atoms with E-state index >= 15 is 0 Å². The minimum atomic E-state index is -0.558. The largest absolute Gasteiger partial charge is 0.488 e. The number of nitrogens with two attached hydrogens (primary N) is 1. The third-order valence-electron chi connectivity index (χ3n) is 4.15. The molecule has 2 heterocycles. The highest BCUT2D eigenvalue weighted by atomic mass is 32.1. The van der Waals surface area contributed by atoms with Crippen molar-refractivity contribution in [2.75, 3.05) is 5.32 Å². The van der Waals surface area contributed by atoms with Crippen LogP contribution in [0.4, 0.5) is 5.13 Å². The van der Waals surface area contributed by atoms with E-state index in [0.717, 1.165) is 16.1 Å². The van der Waals surface area contributed by atoms with E-state index in [2.05, 4.69) is 15.5 Å². The molecule has 4 rings (SSSR count). The summed E-state index contributed by atoms with van der Waals surface area (Å²) in [4.78, 5) is 24.1. The Balaban J connectivity index is 1.43. The number of hydrogen-bond acceptors (Lipinski definition) is 7. The Morgan fingerprint density at radius 1 is 1.07 bits per heavy atom. The first-order valence-electron chi connectivity index (χ1n) is 8.88. The van der Waals surface area contributed by atoms with E-state index in [0.29, 0.717) is 22.0 Å². The number of carbonyl (C=O) groups excluding carboxylic acids is 2. The Hall–Kier alpha value is -3.56. The highest BCUT2D eigenvalue weighted by Gasteiger charge is 2.13. The van der Waals surface area contributed by atoms with E-state index in [9.17, 15) is 9.59 Å². The van der Waals surface area contributed by atoms with Gasteiger partial charge in [-0.25, -0.2) is 0 Å². The molecule has 2 aromatic carbocycles. The summed E-state index contributed by atoms with van der Waals surface area (Å²) < 4.78 is 5.73. The zero-order chi connectivity index (χ0) is 20.9. The Morgan fingerprint density at radius 2 is 1.93 bits per heavy atom.